The molecule has 7 heteroatoms. The highest BCUT2D eigenvalue weighted by molar-refractivity contribution is 5.93. The van der Waals surface area contributed by atoms with E-state index in [0.717, 1.165) is 0 Å². The summed E-state index contributed by atoms with van der Waals surface area (Å²) >= 11 is 0. The van der Waals surface area contributed by atoms with Gasteiger partial charge in [-0.3, -0.25) is 14.3 Å². The number of amides is 2. The lowest BCUT2D eigenvalue weighted by Gasteiger charge is -2.13. The first-order valence-corrected chi connectivity index (χ1v) is 6.37. The molecule has 0 bridgehead atoms. The third-order valence-corrected chi connectivity index (χ3v) is 2.80. The Balaban J connectivity index is 1.93. The summed E-state index contributed by atoms with van der Waals surface area (Å²) in [7, 11) is 0. The van der Waals surface area contributed by atoms with Gasteiger partial charge in [0.05, 0.1) is 0 Å². The molecule has 7 nitrogen and oxygen atoms in total. The van der Waals surface area contributed by atoms with Crippen LogP contribution in [0.4, 0.5) is 5.69 Å². The van der Waals surface area contributed by atoms with E-state index < -0.39 is 11.9 Å². The fraction of sp³-hybridized carbons (Fsp3) is 0.214. The fourth-order valence-electron chi connectivity index (χ4n) is 1.67. The van der Waals surface area contributed by atoms with E-state index in [1.54, 1.807) is 54.3 Å². The lowest BCUT2D eigenvalue weighted by Crippen LogP contribution is -2.24. The Morgan fingerprint density at radius 2 is 2.10 bits per heavy atom. The van der Waals surface area contributed by atoms with E-state index in [-0.39, 0.29) is 12.5 Å². The highest BCUT2D eigenvalue weighted by Crippen LogP contribution is 2.17. The number of carbonyl (C=O) groups is 2. The van der Waals surface area contributed by atoms with Crippen molar-refractivity contribution in [3.05, 3.63) is 42.7 Å². The molecule has 1 aromatic carbocycles. The smallest absolute Gasteiger partial charge is 0.255 e. The van der Waals surface area contributed by atoms with E-state index >= 15 is 0 Å². The molecule has 0 saturated carbocycles. The van der Waals surface area contributed by atoms with Crippen molar-refractivity contribution in [3.63, 3.8) is 0 Å². The van der Waals surface area contributed by atoms with Crippen LogP contribution in [-0.4, -0.2) is 28.2 Å². The summed E-state index contributed by atoms with van der Waals surface area (Å²) in [5.74, 6) is -0.211. The van der Waals surface area contributed by atoms with Crippen molar-refractivity contribution < 1.29 is 14.3 Å². The minimum Gasteiger partial charge on any atom is -0.484 e. The van der Waals surface area contributed by atoms with E-state index in [0.29, 0.717) is 11.4 Å². The van der Waals surface area contributed by atoms with Crippen LogP contribution in [0.3, 0.4) is 0 Å². The Morgan fingerprint density at radius 3 is 2.67 bits per heavy atom. The van der Waals surface area contributed by atoms with Gasteiger partial charge in [-0.05, 0) is 37.3 Å². The second-order valence-corrected chi connectivity index (χ2v) is 4.43. The Bertz CT molecular complexity index is 608. The van der Waals surface area contributed by atoms with Gasteiger partial charge in [-0.25, -0.2) is 0 Å². The van der Waals surface area contributed by atoms with Gasteiger partial charge in [0.15, 0.2) is 6.61 Å². The van der Waals surface area contributed by atoms with Gasteiger partial charge in [0.2, 0.25) is 5.91 Å². The van der Waals surface area contributed by atoms with Crippen LogP contribution in [0.15, 0.2) is 42.7 Å². The molecule has 0 aliphatic heterocycles. The van der Waals surface area contributed by atoms with E-state index in [4.69, 9.17) is 10.5 Å². The van der Waals surface area contributed by atoms with Gasteiger partial charge in [-0.15, -0.1) is 0 Å². The number of carbonyl (C=O) groups excluding carboxylic acids is 2. The number of rotatable bonds is 6. The van der Waals surface area contributed by atoms with Crippen molar-refractivity contribution in [1.82, 2.24) is 9.78 Å². The molecule has 1 atom stereocenters. The molecule has 3 N–H and O–H groups in total. The molecule has 2 aromatic rings. The lowest BCUT2D eigenvalue weighted by molar-refractivity contribution is -0.120. The number of hydrogen-bond donors (Lipinski definition) is 2. The van der Waals surface area contributed by atoms with Crippen LogP contribution in [0.5, 0.6) is 5.75 Å². The molecule has 0 aliphatic carbocycles. The second kappa shape index (κ2) is 6.56. The summed E-state index contributed by atoms with van der Waals surface area (Å²) in [5, 5.41) is 6.80. The summed E-state index contributed by atoms with van der Waals surface area (Å²) in [6, 6.07) is 8.02. The predicted octanol–water partition coefficient (Wildman–Crippen LogP) is 0.947. The molecule has 2 rings (SSSR count). The highest BCUT2D eigenvalue weighted by atomic mass is 16.5. The summed E-state index contributed by atoms with van der Waals surface area (Å²) in [6.07, 6.45) is 3.35. The quantitative estimate of drug-likeness (QED) is 0.826. The van der Waals surface area contributed by atoms with Crippen LogP contribution in [0.2, 0.25) is 0 Å². The Kier molecular flexibility index (Phi) is 4.55. The second-order valence-electron chi connectivity index (χ2n) is 4.43. The van der Waals surface area contributed by atoms with Gasteiger partial charge in [-0.1, -0.05) is 0 Å². The van der Waals surface area contributed by atoms with E-state index in [9.17, 15) is 9.59 Å². The number of nitrogens with one attached hydrogen (secondary N) is 1. The third kappa shape index (κ3) is 4.07. The Morgan fingerprint density at radius 1 is 1.38 bits per heavy atom. The first-order valence-electron chi connectivity index (χ1n) is 6.37. The Hall–Kier alpha value is -2.83. The maximum absolute atomic E-state index is 12.0. The molecule has 0 fully saturated rings. The zero-order chi connectivity index (χ0) is 15.2. The highest BCUT2D eigenvalue weighted by Gasteiger charge is 2.14. The normalized spacial score (nSPS) is 11.7. The monoisotopic (exact) mass is 288 g/mol. The molecule has 0 saturated heterocycles. The first-order chi connectivity index (χ1) is 10.1. The van der Waals surface area contributed by atoms with Gasteiger partial charge in [0, 0.05) is 18.1 Å². The molecule has 1 unspecified atom stereocenters. The van der Waals surface area contributed by atoms with Crippen molar-refractivity contribution in [2.75, 3.05) is 11.9 Å². The minimum absolute atomic E-state index is 0.176. The van der Waals surface area contributed by atoms with Crippen LogP contribution < -0.4 is 15.8 Å². The number of aromatic nitrogens is 2. The molecule has 110 valence electrons. The van der Waals surface area contributed by atoms with Gasteiger partial charge in [0.25, 0.3) is 5.91 Å². The average Bonchev–Trinajstić information content (AvgIpc) is 2.99. The van der Waals surface area contributed by atoms with E-state index in [1.165, 1.54) is 0 Å². The molecule has 2 amide bonds. The molecule has 0 aliphatic rings. The maximum Gasteiger partial charge on any atom is 0.255 e. The SMILES string of the molecule is CC(C(=O)Nc1ccc(OCC(N)=O)cc1)n1cccn1. The molecule has 21 heavy (non-hydrogen) atoms. The topological polar surface area (TPSA) is 99.2 Å². The van der Waals surface area contributed by atoms with Crippen molar-refractivity contribution in [1.29, 1.82) is 0 Å². The van der Waals surface area contributed by atoms with Crippen LogP contribution in [0.25, 0.3) is 0 Å². The third-order valence-electron chi connectivity index (χ3n) is 2.80. The van der Waals surface area contributed by atoms with Gasteiger partial charge >= 0.3 is 0 Å². The number of nitrogens with zero attached hydrogens (tertiary/aromatic N) is 2. The molecule has 1 heterocycles. The van der Waals surface area contributed by atoms with Crippen LogP contribution in [0, 0.1) is 0 Å². The number of benzene rings is 1. The first kappa shape index (κ1) is 14.6. The predicted molar refractivity (Wildman–Crippen MR) is 76.7 cm³/mol. The number of primary amides is 1. The van der Waals surface area contributed by atoms with Gasteiger partial charge < -0.3 is 15.8 Å². The van der Waals surface area contributed by atoms with Crippen molar-refractivity contribution in [2.24, 2.45) is 5.73 Å². The average molecular weight is 288 g/mol. The maximum atomic E-state index is 12.0. The number of ether oxygens (including phenoxy) is 1. The standard InChI is InChI=1S/C14H16N4O3/c1-10(18-8-2-7-16-18)14(20)17-11-3-5-12(6-4-11)21-9-13(15)19/h2-8,10H,9H2,1H3,(H2,15,19)(H,17,20). The molecule has 0 spiro atoms. The number of anilines is 1. The summed E-state index contributed by atoms with van der Waals surface area (Å²) in [6.45, 7) is 1.58. The fourth-order valence-corrected chi connectivity index (χ4v) is 1.67. The lowest BCUT2D eigenvalue weighted by atomic mass is 10.2. The van der Waals surface area contributed by atoms with Crippen LogP contribution in [-0.2, 0) is 9.59 Å². The van der Waals surface area contributed by atoms with Crippen LogP contribution >= 0.6 is 0 Å². The van der Waals surface area contributed by atoms with Crippen molar-refractivity contribution in [3.8, 4) is 5.75 Å². The summed E-state index contributed by atoms with van der Waals surface area (Å²) < 4.78 is 6.70. The zero-order valence-electron chi connectivity index (χ0n) is 11.5. The minimum atomic E-state index is -0.541. The largest absolute Gasteiger partial charge is 0.484 e. The number of hydrogen-bond acceptors (Lipinski definition) is 4. The molecule has 1 aromatic heterocycles. The molecular formula is C14H16N4O3. The van der Waals surface area contributed by atoms with Gasteiger partial charge in [-0.2, -0.15) is 5.10 Å². The summed E-state index contributed by atoms with van der Waals surface area (Å²) in [4.78, 5) is 22.7. The van der Waals surface area contributed by atoms with Crippen molar-refractivity contribution >= 4 is 17.5 Å². The number of nitrogens with two attached hydrogens (primary N) is 1. The Labute approximate surface area is 121 Å². The van der Waals surface area contributed by atoms with Crippen LogP contribution in [0.1, 0.15) is 13.0 Å². The molecular weight excluding hydrogens is 272 g/mol. The zero-order valence-corrected chi connectivity index (χ0v) is 11.5. The van der Waals surface area contributed by atoms with E-state index in [2.05, 4.69) is 10.4 Å². The van der Waals surface area contributed by atoms with E-state index in [1.807, 2.05) is 0 Å². The molecule has 0 radical (unpaired) electrons. The van der Waals surface area contributed by atoms with Gasteiger partial charge in [0.1, 0.15) is 11.8 Å². The summed E-state index contributed by atoms with van der Waals surface area (Å²) in [5.41, 5.74) is 5.62. The van der Waals surface area contributed by atoms with Crippen molar-refractivity contribution in [2.45, 2.75) is 13.0 Å².